The zero-order valence-electron chi connectivity index (χ0n) is 14.1. The molecule has 0 atom stereocenters. The molecule has 0 bridgehead atoms. The Bertz CT molecular complexity index is 572. The first-order chi connectivity index (χ1) is 10.4. The Labute approximate surface area is 147 Å². The molecule has 128 valence electrons. The van der Waals surface area contributed by atoms with Gasteiger partial charge in [0.2, 0.25) is 0 Å². The van der Waals surface area contributed by atoms with Gasteiger partial charge in [-0.2, -0.15) is 0 Å². The second-order valence-electron chi connectivity index (χ2n) is 7.34. The number of carbonyl (C=O) groups is 2. The van der Waals surface area contributed by atoms with Crippen molar-refractivity contribution in [1.82, 2.24) is 5.32 Å². The Morgan fingerprint density at radius 1 is 1.09 bits per heavy atom. The van der Waals surface area contributed by atoms with E-state index in [1.54, 1.807) is 6.07 Å². The van der Waals surface area contributed by atoms with Gasteiger partial charge in [-0.25, -0.2) is 4.79 Å². The summed E-state index contributed by atoms with van der Waals surface area (Å²) >= 11 is 11.9. The molecule has 4 nitrogen and oxygen atoms in total. The summed E-state index contributed by atoms with van der Waals surface area (Å²) in [5.41, 5.74) is -0.264. The maximum atomic E-state index is 12.0. The lowest BCUT2D eigenvalue weighted by molar-refractivity contribution is -0.126. The molecule has 1 amide bonds. The van der Waals surface area contributed by atoms with Crippen LogP contribution in [0.25, 0.3) is 0 Å². The first-order valence-electron chi connectivity index (χ1n) is 7.33. The molecule has 23 heavy (non-hydrogen) atoms. The first kappa shape index (κ1) is 19.8. The minimum absolute atomic E-state index is 0.0672. The van der Waals surface area contributed by atoms with Crippen molar-refractivity contribution >= 4 is 35.1 Å². The second-order valence-corrected chi connectivity index (χ2v) is 8.16. The lowest BCUT2D eigenvalue weighted by Crippen LogP contribution is -2.47. The van der Waals surface area contributed by atoms with Gasteiger partial charge in [-0.05, 0) is 37.8 Å². The van der Waals surface area contributed by atoms with Crippen molar-refractivity contribution in [1.29, 1.82) is 0 Å². The number of halogens is 2. The van der Waals surface area contributed by atoms with E-state index in [9.17, 15) is 9.59 Å². The summed E-state index contributed by atoms with van der Waals surface area (Å²) < 4.78 is 5.01. The van der Waals surface area contributed by atoms with E-state index >= 15 is 0 Å². The van der Waals surface area contributed by atoms with Gasteiger partial charge in [0.15, 0.2) is 6.61 Å². The van der Waals surface area contributed by atoms with Crippen LogP contribution in [0.15, 0.2) is 18.2 Å². The van der Waals surface area contributed by atoms with Crippen LogP contribution >= 0.6 is 23.2 Å². The van der Waals surface area contributed by atoms with Crippen LogP contribution in [0.5, 0.6) is 0 Å². The zero-order valence-corrected chi connectivity index (χ0v) is 15.6. The minimum atomic E-state index is -0.718. The van der Waals surface area contributed by atoms with Gasteiger partial charge >= 0.3 is 5.97 Å². The van der Waals surface area contributed by atoms with Gasteiger partial charge in [-0.1, -0.05) is 50.0 Å². The highest BCUT2D eigenvalue weighted by molar-refractivity contribution is 6.39. The average Bonchev–Trinajstić information content (AvgIpc) is 2.32. The van der Waals surface area contributed by atoms with Crippen LogP contribution in [0.2, 0.25) is 10.0 Å². The topological polar surface area (TPSA) is 55.4 Å². The Morgan fingerprint density at radius 2 is 1.61 bits per heavy atom. The summed E-state index contributed by atoms with van der Waals surface area (Å²) in [5, 5.41) is 3.25. The highest BCUT2D eigenvalue weighted by Crippen LogP contribution is 2.27. The number of amides is 1. The Kier molecular flexibility index (Phi) is 6.49. The van der Waals surface area contributed by atoms with E-state index in [0.29, 0.717) is 0 Å². The quantitative estimate of drug-likeness (QED) is 0.788. The smallest absolute Gasteiger partial charge is 0.341 e. The van der Waals surface area contributed by atoms with E-state index in [4.69, 9.17) is 27.9 Å². The summed E-state index contributed by atoms with van der Waals surface area (Å²) in [6.07, 6.45) is 0.788. The summed E-state index contributed by atoms with van der Waals surface area (Å²) in [4.78, 5) is 24.0. The van der Waals surface area contributed by atoms with Crippen LogP contribution in [-0.2, 0) is 9.53 Å². The standard InChI is InChI=1S/C17H23Cl2NO3/c1-16(2,3)10-17(4,5)20-13(21)9-23-15(22)14-11(18)7-6-8-12(14)19/h6-8H,9-10H2,1-5H3,(H,20,21). The molecule has 0 saturated carbocycles. The Morgan fingerprint density at radius 3 is 2.09 bits per heavy atom. The second kappa shape index (κ2) is 7.54. The predicted octanol–water partition coefficient (Wildman–Crippen LogP) is 4.48. The van der Waals surface area contributed by atoms with Gasteiger partial charge in [-0.3, -0.25) is 4.79 Å². The number of carbonyl (C=O) groups excluding carboxylic acids is 2. The van der Waals surface area contributed by atoms with Crippen molar-refractivity contribution in [3.05, 3.63) is 33.8 Å². The number of nitrogens with one attached hydrogen (secondary N) is 1. The molecule has 1 rings (SSSR count). The van der Waals surface area contributed by atoms with Crippen molar-refractivity contribution in [2.45, 2.75) is 46.6 Å². The van der Waals surface area contributed by atoms with E-state index in [1.807, 2.05) is 13.8 Å². The van der Waals surface area contributed by atoms with E-state index in [0.717, 1.165) is 6.42 Å². The average molecular weight is 360 g/mol. The molecule has 0 heterocycles. The maximum Gasteiger partial charge on any atom is 0.341 e. The largest absolute Gasteiger partial charge is 0.452 e. The van der Waals surface area contributed by atoms with Gasteiger partial charge < -0.3 is 10.1 Å². The van der Waals surface area contributed by atoms with Gasteiger partial charge in [-0.15, -0.1) is 0 Å². The number of rotatable bonds is 5. The van der Waals surface area contributed by atoms with Crippen molar-refractivity contribution in [2.24, 2.45) is 5.41 Å². The molecule has 0 aliphatic carbocycles. The molecule has 1 aromatic rings. The Balaban J connectivity index is 2.61. The summed E-state index contributed by atoms with van der Waals surface area (Å²) in [6.45, 7) is 9.78. The van der Waals surface area contributed by atoms with Crippen molar-refractivity contribution in [3.63, 3.8) is 0 Å². The van der Waals surface area contributed by atoms with Crippen LogP contribution < -0.4 is 5.32 Å². The van der Waals surface area contributed by atoms with Crippen LogP contribution in [0.3, 0.4) is 0 Å². The third-order valence-electron chi connectivity index (χ3n) is 2.95. The molecule has 0 spiro atoms. The van der Waals surface area contributed by atoms with Crippen molar-refractivity contribution in [3.8, 4) is 0 Å². The molecule has 0 unspecified atom stereocenters. The fraction of sp³-hybridized carbons (Fsp3) is 0.529. The summed E-state index contributed by atoms with van der Waals surface area (Å²) in [7, 11) is 0. The molecule has 6 heteroatoms. The van der Waals surface area contributed by atoms with Crippen LogP contribution in [0, 0.1) is 5.41 Å². The zero-order chi connectivity index (χ0) is 17.8. The molecule has 0 fully saturated rings. The first-order valence-corrected chi connectivity index (χ1v) is 8.09. The number of ether oxygens (including phenoxy) is 1. The van der Waals surface area contributed by atoms with Gasteiger partial charge in [0.1, 0.15) is 0 Å². The molecule has 0 aliphatic heterocycles. The van der Waals surface area contributed by atoms with Crippen LogP contribution in [0.1, 0.15) is 51.4 Å². The van der Waals surface area contributed by atoms with E-state index in [-0.39, 0.29) is 33.5 Å². The lowest BCUT2D eigenvalue weighted by atomic mass is 9.82. The molecule has 0 aliphatic rings. The molecular formula is C17H23Cl2NO3. The molecular weight excluding hydrogens is 337 g/mol. The summed E-state index contributed by atoms with van der Waals surface area (Å²) in [5.74, 6) is -1.08. The maximum absolute atomic E-state index is 12.0. The molecule has 0 saturated heterocycles. The van der Waals surface area contributed by atoms with Gasteiger partial charge in [0, 0.05) is 5.54 Å². The predicted molar refractivity (Wildman–Crippen MR) is 93.0 cm³/mol. The van der Waals surface area contributed by atoms with Crippen LogP contribution in [0.4, 0.5) is 0 Å². The molecule has 0 aromatic heterocycles. The molecule has 0 radical (unpaired) electrons. The third-order valence-corrected chi connectivity index (χ3v) is 3.58. The number of hydrogen-bond donors (Lipinski definition) is 1. The van der Waals surface area contributed by atoms with Gasteiger partial charge in [0.25, 0.3) is 5.91 Å². The highest BCUT2D eigenvalue weighted by Gasteiger charge is 2.27. The fourth-order valence-electron chi connectivity index (χ4n) is 2.68. The molecule has 1 aromatic carbocycles. The fourth-order valence-corrected chi connectivity index (χ4v) is 3.23. The number of benzene rings is 1. The normalized spacial score (nSPS) is 12.0. The van der Waals surface area contributed by atoms with Crippen molar-refractivity contribution < 1.29 is 14.3 Å². The van der Waals surface area contributed by atoms with E-state index in [2.05, 4.69) is 26.1 Å². The van der Waals surface area contributed by atoms with E-state index in [1.165, 1.54) is 12.1 Å². The van der Waals surface area contributed by atoms with Crippen molar-refractivity contribution in [2.75, 3.05) is 6.61 Å². The lowest BCUT2D eigenvalue weighted by Gasteiger charge is -2.33. The number of esters is 1. The summed E-state index contributed by atoms with van der Waals surface area (Å²) in [6, 6.07) is 4.70. The van der Waals surface area contributed by atoms with E-state index < -0.39 is 11.5 Å². The minimum Gasteiger partial charge on any atom is -0.452 e. The number of hydrogen-bond acceptors (Lipinski definition) is 3. The Hall–Kier alpha value is -1.26. The third kappa shape index (κ3) is 6.80. The molecule has 1 N–H and O–H groups in total. The SMILES string of the molecule is CC(C)(C)CC(C)(C)NC(=O)COC(=O)c1c(Cl)cccc1Cl. The van der Waals surface area contributed by atoms with Crippen LogP contribution in [-0.4, -0.2) is 24.0 Å². The highest BCUT2D eigenvalue weighted by atomic mass is 35.5. The van der Waals surface area contributed by atoms with Gasteiger partial charge in [0.05, 0.1) is 15.6 Å². The monoisotopic (exact) mass is 359 g/mol.